The van der Waals surface area contributed by atoms with Gasteiger partial charge in [-0.25, -0.2) is 0 Å². The Morgan fingerprint density at radius 1 is 1.50 bits per heavy atom. The molecule has 0 aliphatic carbocycles. The maximum atomic E-state index is 9.91. The second-order valence-corrected chi connectivity index (χ2v) is 4.38. The third-order valence-corrected chi connectivity index (χ3v) is 2.71. The topological polar surface area (TPSA) is 47.3 Å². The first kappa shape index (κ1) is 13.3. The molecule has 0 fully saturated rings. The summed E-state index contributed by atoms with van der Waals surface area (Å²) in [5.41, 5.74) is 0.621. The lowest BCUT2D eigenvalue weighted by atomic mass is 10.1. The summed E-state index contributed by atoms with van der Waals surface area (Å²) < 4.78 is 0. The summed E-state index contributed by atoms with van der Waals surface area (Å²) in [6.07, 6.45) is -0.719. The van der Waals surface area contributed by atoms with Crippen molar-refractivity contribution in [2.75, 3.05) is 20.1 Å². The molecule has 1 unspecified atom stereocenters. The van der Waals surface area contributed by atoms with Gasteiger partial charge in [-0.05, 0) is 19.2 Å². The zero-order valence-corrected chi connectivity index (χ0v) is 10.3. The maximum absolute atomic E-state index is 9.91. The molecule has 3 nitrogen and oxygen atoms in total. The van der Waals surface area contributed by atoms with Crippen LogP contribution in [-0.2, 0) is 0 Å². The number of aliphatic hydroxyl groups excluding tert-OH is 1. The van der Waals surface area contributed by atoms with Gasteiger partial charge in [0.05, 0.1) is 18.7 Å². The summed E-state index contributed by atoms with van der Waals surface area (Å²) >= 11 is 11.7. The van der Waals surface area contributed by atoms with E-state index in [1.165, 1.54) is 0 Å². The Kier molecular flexibility index (Phi) is 5.04. The van der Waals surface area contributed by atoms with Gasteiger partial charge in [0.2, 0.25) is 0 Å². The molecule has 0 spiro atoms. The second-order valence-electron chi connectivity index (χ2n) is 3.54. The predicted octanol–water partition coefficient (Wildman–Crippen LogP) is 2.48. The van der Waals surface area contributed by atoms with E-state index in [4.69, 9.17) is 28.5 Å². The van der Waals surface area contributed by atoms with Crippen molar-refractivity contribution in [3.05, 3.63) is 33.8 Å². The molecule has 0 saturated carbocycles. The summed E-state index contributed by atoms with van der Waals surface area (Å²) in [5.74, 6) is 0. The Bertz CT molecular complexity index is 403. The molecule has 1 aromatic rings. The molecule has 5 heteroatoms. The molecule has 1 atom stereocenters. The van der Waals surface area contributed by atoms with Gasteiger partial charge in [-0.15, -0.1) is 0 Å². The summed E-state index contributed by atoms with van der Waals surface area (Å²) in [6.45, 7) is 0.622. The first-order valence-electron chi connectivity index (χ1n) is 4.73. The van der Waals surface area contributed by atoms with Crippen molar-refractivity contribution in [1.82, 2.24) is 4.90 Å². The highest BCUT2D eigenvalue weighted by Crippen LogP contribution is 2.26. The Hall–Kier alpha value is -0.790. The summed E-state index contributed by atoms with van der Waals surface area (Å²) in [7, 11) is 1.76. The first-order valence-corrected chi connectivity index (χ1v) is 5.48. The highest BCUT2D eigenvalue weighted by atomic mass is 35.5. The lowest BCUT2D eigenvalue weighted by molar-refractivity contribution is 0.133. The molecule has 0 radical (unpaired) electrons. The molecule has 0 aliphatic heterocycles. The second kappa shape index (κ2) is 6.07. The van der Waals surface area contributed by atoms with Crippen LogP contribution in [0.4, 0.5) is 0 Å². The number of nitriles is 1. The standard InChI is InChI=1S/C11H12Cl2N2O/c1-15(5-4-14)7-11(16)9-3-2-8(12)6-10(9)13/h2-3,6,11,16H,5,7H2,1H3. The van der Waals surface area contributed by atoms with Crippen LogP contribution in [-0.4, -0.2) is 30.1 Å². The van der Waals surface area contributed by atoms with Crippen LogP contribution in [0, 0.1) is 11.3 Å². The number of rotatable bonds is 4. The Balaban J connectivity index is 2.73. The lowest BCUT2D eigenvalue weighted by Gasteiger charge is -2.18. The van der Waals surface area contributed by atoms with E-state index < -0.39 is 6.10 Å². The van der Waals surface area contributed by atoms with Crippen LogP contribution in [0.3, 0.4) is 0 Å². The molecule has 1 aromatic carbocycles. The van der Waals surface area contributed by atoms with Crippen LogP contribution < -0.4 is 0 Å². The third-order valence-electron chi connectivity index (χ3n) is 2.15. The van der Waals surface area contributed by atoms with Crippen molar-refractivity contribution < 1.29 is 5.11 Å². The lowest BCUT2D eigenvalue weighted by Crippen LogP contribution is -2.25. The largest absolute Gasteiger partial charge is 0.387 e. The SMILES string of the molecule is CN(CC#N)CC(O)c1ccc(Cl)cc1Cl. The van der Waals surface area contributed by atoms with Crippen molar-refractivity contribution in [2.45, 2.75) is 6.10 Å². The van der Waals surface area contributed by atoms with Crippen LogP contribution in [0.15, 0.2) is 18.2 Å². The molecule has 86 valence electrons. The molecule has 0 bridgehead atoms. The average molecular weight is 259 g/mol. The van der Waals surface area contributed by atoms with Gasteiger partial charge in [0.1, 0.15) is 0 Å². The number of hydrogen-bond donors (Lipinski definition) is 1. The smallest absolute Gasteiger partial charge is 0.0931 e. The van der Waals surface area contributed by atoms with Gasteiger partial charge in [-0.1, -0.05) is 29.3 Å². The fraction of sp³-hybridized carbons (Fsp3) is 0.364. The third kappa shape index (κ3) is 3.66. The highest BCUT2D eigenvalue weighted by Gasteiger charge is 2.13. The van der Waals surface area contributed by atoms with Gasteiger partial charge in [0.25, 0.3) is 0 Å². The molecule has 0 aliphatic rings. The normalized spacial score (nSPS) is 12.5. The zero-order chi connectivity index (χ0) is 12.1. The average Bonchev–Trinajstić information content (AvgIpc) is 2.17. The van der Waals surface area contributed by atoms with Crippen molar-refractivity contribution >= 4 is 23.2 Å². The van der Waals surface area contributed by atoms with Crippen LogP contribution in [0.1, 0.15) is 11.7 Å². The molecule has 1 rings (SSSR count). The maximum Gasteiger partial charge on any atom is 0.0931 e. The summed E-state index contributed by atoms with van der Waals surface area (Å²) in [5, 5.41) is 19.4. The van der Waals surface area contributed by atoms with Gasteiger partial charge in [-0.3, -0.25) is 4.90 Å². The quantitative estimate of drug-likeness (QED) is 0.845. The highest BCUT2D eigenvalue weighted by molar-refractivity contribution is 6.35. The van der Waals surface area contributed by atoms with Crippen molar-refractivity contribution in [2.24, 2.45) is 0 Å². The molecule has 1 N–H and O–H groups in total. The van der Waals surface area contributed by atoms with Gasteiger partial charge in [-0.2, -0.15) is 5.26 Å². The number of benzene rings is 1. The Morgan fingerprint density at radius 3 is 2.75 bits per heavy atom. The Morgan fingerprint density at radius 2 is 2.19 bits per heavy atom. The van der Waals surface area contributed by atoms with E-state index in [1.54, 1.807) is 30.1 Å². The molecule has 0 heterocycles. The fourth-order valence-electron chi connectivity index (χ4n) is 1.35. The van der Waals surface area contributed by atoms with E-state index in [-0.39, 0.29) is 6.54 Å². The number of nitrogens with zero attached hydrogens (tertiary/aromatic N) is 2. The summed E-state index contributed by atoms with van der Waals surface area (Å²) in [6, 6.07) is 6.96. The van der Waals surface area contributed by atoms with E-state index in [0.717, 1.165) is 0 Å². The fourth-order valence-corrected chi connectivity index (χ4v) is 1.89. The monoisotopic (exact) mass is 258 g/mol. The Labute approximate surface area is 105 Å². The number of aliphatic hydroxyl groups is 1. The molecule has 0 amide bonds. The zero-order valence-electron chi connectivity index (χ0n) is 8.82. The minimum atomic E-state index is -0.719. The van der Waals surface area contributed by atoms with Crippen molar-refractivity contribution in [1.29, 1.82) is 5.26 Å². The van der Waals surface area contributed by atoms with Crippen molar-refractivity contribution in [3.8, 4) is 6.07 Å². The van der Waals surface area contributed by atoms with Gasteiger partial charge in [0, 0.05) is 22.2 Å². The van der Waals surface area contributed by atoms with Crippen LogP contribution in [0.25, 0.3) is 0 Å². The molecular formula is C11H12Cl2N2O. The van der Waals surface area contributed by atoms with E-state index in [2.05, 4.69) is 0 Å². The molecule has 0 aromatic heterocycles. The minimum absolute atomic E-state index is 0.266. The first-order chi connectivity index (χ1) is 7.54. The number of halogens is 2. The predicted molar refractivity (Wildman–Crippen MR) is 64.5 cm³/mol. The van der Waals surface area contributed by atoms with Crippen LogP contribution in [0.5, 0.6) is 0 Å². The van der Waals surface area contributed by atoms with E-state index in [0.29, 0.717) is 22.2 Å². The number of likely N-dealkylation sites (N-methyl/N-ethyl adjacent to an activating group) is 1. The van der Waals surface area contributed by atoms with Crippen molar-refractivity contribution in [3.63, 3.8) is 0 Å². The number of hydrogen-bond acceptors (Lipinski definition) is 3. The van der Waals surface area contributed by atoms with Gasteiger partial charge >= 0.3 is 0 Å². The minimum Gasteiger partial charge on any atom is -0.387 e. The van der Waals surface area contributed by atoms with Crippen LogP contribution in [0.2, 0.25) is 10.0 Å². The van der Waals surface area contributed by atoms with E-state index in [1.807, 2.05) is 6.07 Å². The molecule has 16 heavy (non-hydrogen) atoms. The molecular weight excluding hydrogens is 247 g/mol. The summed E-state index contributed by atoms with van der Waals surface area (Å²) in [4.78, 5) is 1.72. The van der Waals surface area contributed by atoms with E-state index in [9.17, 15) is 5.11 Å². The van der Waals surface area contributed by atoms with E-state index >= 15 is 0 Å². The van der Waals surface area contributed by atoms with Gasteiger partial charge < -0.3 is 5.11 Å². The molecule has 0 saturated heterocycles. The van der Waals surface area contributed by atoms with Crippen LogP contribution >= 0.6 is 23.2 Å². The van der Waals surface area contributed by atoms with Gasteiger partial charge in [0.15, 0.2) is 0 Å².